The van der Waals surface area contributed by atoms with Gasteiger partial charge in [-0.2, -0.15) is 0 Å². The zero-order valence-corrected chi connectivity index (χ0v) is 11.4. The molecule has 98 valence electrons. The van der Waals surface area contributed by atoms with E-state index in [2.05, 4.69) is 9.88 Å². The molecule has 1 unspecified atom stereocenters. The average Bonchev–Trinajstić information content (AvgIpc) is 2.39. The molecule has 1 atom stereocenters. The van der Waals surface area contributed by atoms with Crippen molar-refractivity contribution in [3.63, 3.8) is 0 Å². The number of hydrogen-bond acceptors (Lipinski definition) is 4. The molecule has 0 radical (unpaired) electrons. The summed E-state index contributed by atoms with van der Waals surface area (Å²) in [6, 6.07) is 3.98. The molecule has 2 heterocycles. The Morgan fingerprint density at radius 1 is 1.67 bits per heavy atom. The number of ether oxygens (including phenoxy) is 1. The molecule has 1 aromatic rings. The van der Waals surface area contributed by atoms with Gasteiger partial charge in [0.05, 0.1) is 12.3 Å². The van der Waals surface area contributed by atoms with Gasteiger partial charge in [0.25, 0.3) is 0 Å². The minimum absolute atomic E-state index is 0.349. The van der Waals surface area contributed by atoms with Crippen LogP contribution >= 0.6 is 12.2 Å². The van der Waals surface area contributed by atoms with Gasteiger partial charge in [0.1, 0.15) is 4.99 Å². The van der Waals surface area contributed by atoms with Crippen LogP contribution in [0, 0.1) is 5.92 Å². The highest BCUT2D eigenvalue weighted by Gasteiger charge is 2.20. The predicted molar refractivity (Wildman–Crippen MR) is 76.9 cm³/mol. The van der Waals surface area contributed by atoms with Gasteiger partial charge in [-0.15, -0.1) is 0 Å². The summed E-state index contributed by atoms with van der Waals surface area (Å²) in [5, 5.41) is 0. The fraction of sp³-hybridized carbons (Fsp3) is 0.538. The van der Waals surface area contributed by atoms with E-state index in [-0.39, 0.29) is 0 Å². The second-order valence-electron chi connectivity index (χ2n) is 4.67. The van der Waals surface area contributed by atoms with Crippen molar-refractivity contribution in [2.75, 3.05) is 31.7 Å². The molecule has 0 aromatic carbocycles. The van der Waals surface area contributed by atoms with Gasteiger partial charge in [0.2, 0.25) is 0 Å². The highest BCUT2D eigenvalue weighted by atomic mass is 32.1. The van der Waals surface area contributed by atoms with Gasteiger partial charge in [0, 0.05) is 32.1 Å². The highest BCUT2D eigenvalue weighted by Crippen LogP contribution is 2.23. The summed E-state index contributed by atoms with van der Waals surface area (Å²) in [4.78, 5) is 6.88. The topological polar surface area (TPSA) is 51.4 Å². The van der Waals surface area contributed by atoms with Gasteiger partial charge in [-0.05, 0) is 30.9 Å². The maximum absolute atomic E-state index is 5.62. The molecule has 5 heteroatoms. The Kier molecular flexibility index (Phi) is 4.49. The zero-order valence-electron chi connectivity index (χ0n) is 10.6. The average molecular weight is 265 g/mol. The third kappa shape index (κ3) is 3.17. The molecule has 0 amide bonds. The van der Waals surface area contributed by atoms with E-state index in [1.165, 1.54) is 12.8 Å². The van der Waals surface area contributed by atoms with Crippen LogP contribution in [0.25, 0.3) is 0 Å². The molecule has 0 spiro atoms. The quantitative estimate of drug-likeness (QED) is 0.838. The maximum Gasteiger partial charge on any atom is 0.122 e. The molecule has 0 bridgehead atoms. The van der Waals surface area contributed by atoms with Crippen LogP contribution in [0.5, 0.6) is 0 Å². The van der Waals surface area contributed by atoms with Gasteiger partial charge in [-0.25, -0.2) is 0 Å². The van der Waals surface area contributed by atoms with Crippen LogP contribution in [-0.2, 0) is 4.74 Å². The van der Waals surface area contributed by atoms with Crippen LogP contribution in [0.1, 0.15) is 18.5 Å². The van der Waals surface area contributed by atoms with Crippen molar-refractivity contribution >= 4 is 22.9 Å². The molecule has 1 aliphatic heterocycles. The standard InChI is InChI=1S/C13H19N3OS/c1-17-9-10-3-2-6-16(8-10)11-4-5-15-12(7-11)13(14)18/h4-5,7,10H,2-3,6,8-9H2,1H3,(H2,14,18). The summed E-state index contributed by atoms with van der Waals surface area (Å²) < 4.78 is 5.25. The fourth-order valence-electron chi connectivity index (χ4n) is 2.42. The Balaban J connectivity index is 2.10. The molecular weight excluding hydrogens is 246 g/mol. The molecule has 0 saturated carbocycles. The number of thiocarbonyl (C=S) groups is 1. The second-order valence-corrected chi connectivity index (χ2v) is 5.11. The van der Waals surface area contributed by atoms with Gasteiger partial charge in [-0.1, -0.05) is 12.2 Å². The Bertz CT molecular complexity index is 422. The lowest BCUT2D eigenvalue weighted by Crippen LogP contribution is -2.37. The number of nitrogens with zero attached hydrogens (tertiary/aromatic N) is 2. The SMILES string of the molecule is COCC1CCCN(c2ccnc(C(N)=S)c2)C1. The Labute approximate surface area is 113 Å². The van der Waals surface area contributed by atoms with Crippen molar-refractivity contribution in [1.82, 2.24) is 4.98 Å². The van der Waals surface area contributed by atoms with Crippen LogP contribution in [0.4, 0.5) is 5.69 Å². The molecule has 2 rings (SSSR count). The van der Waals surface area contributed by atoms with Gasteiger partial charge >= 0.3 is 0 Å². The zero-order chi connectivity index (χ0) is 13.0. The van der Waals surface area contributed by atoms with Crippen molar-refractivity contribution in [2.45, 2.75) is 12.8 Å². The van der Waals surface area contributed by atoms with Crippen LogP contribution in [0.15, 0.2) is 18.3 Å². The predicted octanol–water partition coefficient (Wildman–Crippen LogP) is 1.58. The summed E-state index contributed by atoms with van der Waals surface area (Å²) in [7, 11) is 1.76. The van der Waals surface area contributed by atoms with Crippen LogP contribution in [-0.4, -0.2) is 36.8 Å². The van der Waals surface area contributed by atoms with E-state index in [4.69, 9.17) is 22.7 Å². The minimum atomic E-state index is 0.349. The molecule has 1 fully saturated rings. The first kappa shape index (κ1) is 13.2. The van der Waals surface area contributed by atoms with Crippen molar-refractivity contribution in [3.8, 4) is 0 Å². The second kappa shape index (κ2) is 6.11. The van der Waals surface area contributed by atoms with Crippen molar-refractivity contribution in [1.29, 1.82) is 0 Å². The molecule has 1 aliphatic rings. The van der Waals surface area contributed by atoms with E-state index in [1.54, 1.807) is 13.3 Å². The number of nitrogens with two attached hydrogens (primary N) is 1. The Morgan fingerprint density at radius 2 is 2.50 bits per heavy atom. The van der Waals surface area contributed by atoms with Gasteiger partial charge < -0.3 is 15.4 Å². The summed E-state index contributed by atoms with van der Waals surface area (Å²) in [6.07, 6.45) is 4.19. The third-order valence-electron chi connectivity index (χ3n) is 3.28. The smallest absolute Gasteiger partial charge is 0.122 e. The number of rotatable bonds is 4. The van der Waals surface area contributed by atoms with Crippen LogP contribution in [0.3, 0.4) is 0 Å². The molecule has 1 aromatic heterocycles. The van der Waals surface area contributed by atoms with Crippen LogP contribution < -0.4 is 10.6 Å². The number of anilines is 1. The normalized spacial score (nSPS) is 19.8. The summed E-state index contributed by atoms with van der Waals surface area (Å²) in [5.74, 6) is 0.602. The van der Waals surface area contributed by atoms with E-state index in [0.29, 0.717) is 16.6 Å². The number of pyridine rings is 1. The monoisotopic (exact) mass is 265 g/mol. The summed E-state index contributed by atoms with van der Waals surface area (Å²) >= 11 is 4.96. The van der Waals surface area contributed by atoms with E-state index in [0.717, 1.165) is 25.4 Å². The largest absolute Gasteiger partial charge is 0.388 e. The first-order valence-corrected chi connectivity index (χ1v) is 6.61. The number of piperidine rings is 1. The maximum atomic E-state index is 5.62. The number of methoxy groups -OCH3 is 1. The Hall–Kier alpha value is -1.20. The number of aromatic nitrogens is 1. The molecule has 0 aliphatic carbocycles. The van der Waals surface area contributed by atoms with E-state index >= 15 is 0 Å². The molecule has 18 heavy (non-hydrogen) atoms. The van der Waals surface area contributed by atoms with Crippen molar-refractivity contribution in [3.05, 3.63) is 24.0 Å². The van der Waals surface area contributed by atoms with E-state index in [1.807, 2.05) is 12.1 Å². The third-order valence-corrected chi connectivity index (χ3v) is 3.49. The Morgan fingerprint density at radius 3 is 3.22 bits per heavy atom. The van der Waals surface area contributed by atoms with Crippen molar-refractivity contribution in [2.24, 2.45) is 11.7 Å². The number of hydrogen-bond donors (Lipinski definition) is 1. The summed E-state index contributed by atoms with van der Waals surface area (Å²) in [5.41, 5.74) is 7.46. The van der Waals surface area contributed by atoms with Gasteiger partial charge in [0.15, 0.2) is 0 Å². The highest BCUT2D eigenvalue weighted by molar-refractivity contribution is 7.80. The van der Waals surface area contributed by atoms with E-state index < -0.39 is 0 Å². The molecule has 4 nitrogen and oxygen atoms in total. The molecule has 2 N–H and O–H groups in total. The van der Waals surface area contributed by atoms with Gasteiger partial charge in [-0.3, -0.25) is 4.98 Å². The molecular formula is C13H19N3OS. The lowest BCUT2D eigenvalue weighted by atomic mass is 9.98. The lowest BCUT2D eigenvalue weighted by Gasteiger charge is -2.34. The molecule has 1 saturated heterocycles. The fourth-order valence-corrected chi connectivity index (χ4v) is 2.53. The van der Waals surface area contributed by atoms with Crippen molar-refractivity contribution < 1.29 is 4.74 Å². The minimum Gasteiger partial charge on any atom is -0.388 e. The summed E-state index contributed by atoms with van der Waals surface area (Å²) in [6.45, 7) is 2.92. The first-order valence-electron chi connectivity index (χ1n) is 6.20. The lowest BCUT2D eigenvalue weighted by molar-refractivity contribution is 0.143. The van der Waals surface area contributed by atoms with E-state index in [9.17, 15) is 0 Å². The van der Waals surface area contributed by atoms with Crippen LogP contribution in [0.2, 0.25) is 0 Å². The first-order chi connectivity index (χ1) is 8.70.